The zero-order valence-corrected chi connectivity index (χ0v) is 4.87. The minimum absolute atomic E-state index is 0.139. The van der Waals surface area contributed by atoms with E-state index >= 15 is 0 Å². The molecule has 0 saturated heterocycles. The molecule has 2 nitrogen and oxygen atoms in total. The molecule has 3 heteroatoms. The van der Waals surface area contributed by atoms with Crippen molar-refractivity contribution < 1.29 is 9.59 Å². The average molecular weight is 118 g/mol. The Hall–Kier alpha value is -0.530. The molecule has 0 aliphatic rings. The van der Waals surface area contributed by atoms with Crippen molar-refractivity contribution in [3.05, 3.63) is 6.58 Å². The van der Waals surface area contributed by atoms with Gasteiger partial charge in [-0.1, -0.05) is 0 Å². The molecule has 0 heterocycles. The molecule has 0 bridgehead atoms. The number of carbonyl (C=O) groups excluding carboxylic acids is 2. The van der Waals surface area contributed by atoms with Crippen molar-refractivity contribution in [2.75, 3.05) is 0 Å². The van der Waals surface area contributed by atoms with E-state index in [4.69, 9.17) is 4.79 Å². The first kappa shape index (κ1) is 9.69. The average Bonchev–Trinajstić information content (AvgIpc) is 1.33. The Bertz CT molecular complexity index is 77.7. The highest BCUT2D eigenvalue weighted by Gasteiger charge is 1.63. The lowest BCUT2D eigenvalue weighted by molar-refractivity contribution is -0.108. The summed E-state index contributed by atoms with van der Waals surface area (Å²) < 4.78 is 0. The number of carbonyl (C=O) groups is 1. The molecular weight excluding hydrogens is 112 g/mol. The number of thiol groups is 1. The quantitative estimate of drug-likeness (QED) is 0.370. The van der Waals surface area contributed by atoms with Gasteiger partial charge in [-0.3, -0.25) is 4.79 Å². The first-order valence-electron chi connectivity index (χ1n) is 1.49. The molecule has 0 aliphatic heterocycles. The molecule has 40 valence electrons. The van der Waals surface area contributed by atoms with Crippen LogP contribution in [0.15, 0.2) is 6.58 Å². The third-order valence-electron chi connectivity index (χ3n) is 0. The van der Waals surface area contributed by atoms with E-state index in [1.54, 1.807) is 0 Å². The zero-order valence-electron chi connectivity index (χ0n) is 3.97. The lowest BCUT2D eigenvalue weighted by Crippen LogP contribution is -1.62. The van der Waals surface area contributed by atoms with Crippen molar-refractivity contribution in [1.29, 1.82) is 0 Å². The number of rotatable bonds is 0. The van der Waals surface area contributed by atoms with Gasteiger partial charge in [-0.25, -0.2) is 4.79 Å². The Morgan fingerprint density at radius 1 is 1.86 bits per heavy atom. The van der Waals surface area contributed by atoms with E-state index in [0.29, 0.717) is 0 Å². The van der Waals surface area contributed by atoms with E-state index in [2.05, 4.69) is 19.2 Å². The smallest absolute Gasteiger partial charge is 0.182 e. The summed E-state index contributed by atoms with van der Waals surface area (Å²) in [6, 6.07) is 0. The summed E-state index contributed by atoms with van der Waals surface area (Å²) in [6.45, 7) is 4.07. The minimum Gasteiger partial charge on any atom is -0.288 e. The SMILES string of the molecule is C=C=O.CC(=O)S. The van der Waals surface area contributed by atoms with Crippen LogP contribution in [0.5, 0.6) is 0 Å². The maximum atomic E-state index is 9.31. The van der Waals surface area contributed by atoms with Gasteiger partial charge in [0, 0.05) is 6.92 Å². The van der Waals surface area contributed by atoms with Crippen LogP contribution in [0.1, 0.15) is 6.92 Å². The maximum absolute atomic E-state index is 9.31. The van der Waals surface area contributed by atoms with Gasteiger partial charge in [0.05, 0.1) is 0 Å². The molecule has 0 aliphatic carbocycles. The second kappa shape index (κ2) is 9.08. The molecule has 0 spiro atoms. The zero-order chi connectivity index (χ0) is 6.28. The van der Waals surface area contributed by atoms with Crippen molar-refractivity contribution in [1.82, 2.24) is 0 Å². The predicted molar refractivity (Wildman–Crippen MR) is 31.0 cm³/mol. The Balaban J connectivity index is 0. The van der Waals surface area contributed by atoms with Crippen LogP contribution in [0.4, 0.5) is 0 Å². The van der Waals surface area contributed by atoms with Crippen LogP contribution in [-0.4, -0.2) is 11.1 Å². The van der Waals surface area contributed by atoms with E-state index in [-0.39, 0.29) is 5.12 Å². The summed E-state index contributed by atoms with van der Waals surface area (Å²) in [4.78, 5) is 17.9. The van der Waals surface area contributed by atoms with Crippen LogP contribution in [0, 0.1) is 0 Å². The summed E-state index contributed by atoms with van der Waals surface area (Å²) in [7, 11) is 0. The van der Waals surface area contributed by atoms with Gasteiger partial charge >= 0.3 is 0 Å². The van der Waals surface area contributed by atoms with Gasteiger partial charge in [0.15, 0.2) is 5.12 Å². The molecule has 0 radical (unpaired) electrons. The highest BCUT2D eigenvalue weighted by atomic mass is 32.1. The van der Waals surface area contributed by atoms with Gasteiger partial charge in [0.2, 0.25) is 0 Å². The predicted octanol–water partition coefficient (Wildman–Crippen LogP) is 0.467. The summed E-state index contributed by atoms with van der Waals surface area (Å²) in [6.07, 6.45) is 0. The van der Waals surface area contributed by atoms with Gasteiger partial charge < -0.3 is 0 Å². The van der Waals surface area contributed by atoms with Gasteiger partial charge in [0.25, 0.3) is 0 Å². The molecule has 0 fully saturated rings. The first-order valence-corrected chi connectivity index (χ1v) is 1.93. The minimum atomic E-state index is -0.139. The van der Waals surface area contributed by atoms with Gasteiger partial charge in [-0.2, -0.15) is 0 Å². The Morgan fingerprint density at radius 2 is 1.86 bits per heavy atom. The van der Waals surface area contributed by atoms with Gasteiger partial charge in [0.1, 0.15) is 5.94 Å². The number of hydrogen-bond donors (Lipinski definition) is 1. The van der Waals surface area contributed by atoms with E-state index in [1.807, 2.05) is 0 Å². The molecule has 0 N–H and O–H groups in total. The van der Waals surface area contributed by atoms with E-state index in [0.717, 1.165) is 0 Å². The van der Waals surface area contributed by atoms with Crippen molar-refractivity contribution in [2.45, 2.75) is 6.92 Å². The largest absolute Gasteiger partial charge is 0.288 e. The molecule has 0 unspecified atom stereocenters. The summed E-state index contributed by atoms with van der Waals surface area (Å²) in [5.41, 5.74) is 0. The van der Waals surface area contributed by atoms with Crippen molar-refractivity contribution in [3.8, 4) is 0 Å². The molecule has 0 saturated carbocycles. The fraction of sp³-hybridized carbons (Fsp3) is 0.250. The Kier molecular flexibility index (Phi) is 12.6. The second-order valence-corrected chi connectivity index (χ2v) is 1.29. The number of hydrogen-bond acceptors (Lipinski definition) is 2. The molecule has 0 amide bonds. The lowest BCUT2D eigenvalue weighted by Gasteiger charge is -1.55. The molecule has 0 rings (SSSR count). The van der Waals surface area contributed by atoms with Crippen LogP contribution in [0.2, 0.25) is 0 Å². The third-order valence-corrected chi connectivity index (χ3v) is 0. The van der Waals surface area contributed by atoms with Crippen LogP contribution >= 0.6 is 12.6 Å². The van der Waals surface area contributed by atoms with Crippen LogP contribution in [-0.2, 0) is 9.59 Å². The summed E-state index contributed by atoms with van der Waals surface area (Å²) >= 11 is 3.33. The summed E-state index contributed by atoms with van der Waals surface area (Å²) in [5, 5.41) is -0.139. The van der Waals surface area contributed by atoms with Crippen LogP contribution in [0.25, 0.3) is 0 Å². The van der Waals surface area contributed by atoms with Crippen molar-refractivity contribution in [2.24, 2.45) is 0 Å². The van der Waals surface area contributed by atoms with Crippen molar-refractivity contribution >= 4 is 23.7 Å². The molecule has 0 atom stereocenters. The first-order chi connectivity index (χ1) is 3.15. The standard InChI is InChI=1S/C2H4OS.C2H2O/c1-2(3)4;1-2-3/h1H3,(H,3,4);1H2. The van der Waals surface area contributed by atoms with E-state index < -0.39 is 0 Å². The normalized spacial score (nSPS) is 4.86. The Labute approximate surface area is 47.6 Å². The van der Waals surface area contributed by atoms with E-state index in [9.17, 15) is 4.79 Å². The fourth-order valence-corrected chi connectivity index (χ4v) is 0. The van der Waals surface area contributed by atoms with Gasteiger partial charge in [-0.05, 0) is 6.58 Å². The maximum Gasteiger partial charge on any atom is 0.182 e. The lowest BCUT2D eigenvalue weighted by atomic mass is 10.9. The molecule has 7 heavy (non-hydrogen) atoms. The molecule has 0 aromatic rings. The molecule has 0 aromatic heterocycles. The van der Waals surface area contributed by atoms with E-state index in [1.165, 1.54) is 12.9 Å². The monoisotopic (exact) mass is 118 g/mol. The fourth-order valence-electron chi connectivity index (χ4n) is 0. The molecular formula is C4H6O2S. The van der Waals surface area contributed by atoms with Crippen LogP contribution in [0.3, 0.4) is 0 Å². The highest BCUT2D eigenvalue weighted by molar-refractivity contribution is 7.96. The molecule has 0 aromatic carbocycles. The van der Waals surface area contributed by atoms with Crippen molar-refractivity contribution in [3.63, 3.8) is 0 Å². The van der Waals surface area contributed by atoms with Gasteiger partial charge in [-0.15, -0.1) is 12.6 Å². The summed E-state index contributed by atoms with van der Waals surface area (Å²) in [5.74, 6) is 1.25. The topological polar surface area (TPSA) is 34.1 Å². The van der Waals surface area contributed by atoms with Crippen LogP contribution < -0.4 is 0 Å². The third kappa shape index (κ3) is 234. The highest BCUT2D eigenvalue weighted by Crippen LogP contribution is 1.66. The Morgan fingerprint density at radius 3 is 1.86 bits per heavy atom. The second-order valence-electron chi connectivity index (χ2n) is 0.663.